The first-order valence-corrected chi connectivity index (χ1v) is 5.66. The number of piperidine rings is 1. The first-order valence-electron chi connectivity index (χ1n) is 3.86. The lowest BCUT2D eigenvalue weighted by molar-refractivity contribution is 0.349. The fourth-order valence-corrected chi connectivity index (χ4v) is 2.25. The Bertz CT molecular complexity index is 161. The Kier molecular flexibility index (Phi) is 3.07. The van der Waals surface area contributed by atoms with Crippen LogP contribution in [0.5, 0.6) is 0 Å². The van der Waals surface area contributed by atoms with Crippen molar-refractivity contribution in [3.63, 3.8) is 0 Å². The molecule has 1 rings (SSSR count). The monoisotopic (exact) mass is 179 g/mol. The third-order valence-corrected chi connectivity index (χ3v) is 2.79. The summed E-state index contributed by atoms with van der Waals surface area (Å²) in [5, 5.41) is 3.08. The molecule has 0 radical (unpaired) electrons. The Balaban J connectivity index is 2.30. The maximum Gasteiger partial charge on any atom is 0.327 e. The van der Waals surface area contributed by atoms with Crippen LogP contribution in [0.1, 0.15) is 19.3 Å². The number of rotatable bonds is 2. The van der Waals surface area contributed by atoms with Crippen LogP contribution in [0.3, 0.4) is 0 Å². The first-order chi connectivity index (χ1) is 5.08. The number of nitrogens with one attached hydrogen (secondary N) is 1. The van der Waals surface area contributed by atoms with Crippen molar-refractivity contribution in [2.24, 2.45) is 0 Å². The second kappa shape index (κ2) is 3.68. The Hall–Kier alpha value is 0.110. The quantitative estimate of drug-likeness (QED) is 0.533. The van der Waals surface area contributed by atoms with Gasteiger partial charge in [0.05, 0.1) is 6.16 Å². The van der Waals surface area contributed by atoms with Gasteiger partial charge < -0.3 is 15.1 Å². The zero-order valence-electron chi connectivity index (χ0n) is 6.36. The highest BCUT2D eigenvalue weighted by molar-refractivity contribution is 7.51. The van der Waals surface area contributed by atoms with Crippen LogP contribution in [-0.4, -0.2) is 28.5 Å². The number of hydrogen-bond acceptors (Lipinski definition) is 2. The van der Waals surface area contributed by atoms with Crippen LogP contribution in [0.15, 0.2) is 0 Å². The highest BCUT2D eigenvalue weighted by Crippen LogP contribution is 2.36. The molecule has 1 heterocycles. The van der Waals surface area contributed by atoms with Gasteiger partial charge in [0.25, 0.3) is 0 Å². The summed E-state index contributed by atoms with van der Waals surface area (Å²) in [5.74, 6) is 0. The standard InChI is InChI=1S/C6H14NO3P/c8-11(9,10)5-6-3-1-2-4-7-6/h6-7H,1-5H2,(H2,8,9,10). The van der Waals surface area contributed by atoms with Gasteiger partial charge in [-0.3, -0.25) is 4.57 Å². The van der Waals surface area contributed by atoms with Crippen LogP contribution in [-0.2, 0) is 4.57 Å². The zero-order valence-corrected chi connectivity index (χ0v) is 7.26. The summed E-state index contributed by atoms with van der Waals surface area (Å²) < 4.78 is 10.6. The van der Waals surface area contributed by atoms with E-state index in [9.17, 15) is 4.57 Å². The predicted octanol–water partition coefficient (Wildman–Crippen LogP) is 0.306. The van der Waals surface area contributed by atoms with Gasteiger partial charge in [-0.1, -0.05) is 6.42 Å². The summed E-state index contributed by atoms with van der Waals surface area (Å²) >= 11 is 0. The van der Waals surface area contributed by atoms with Gasteiger partial charge in [0.15, 0.2) is 0 Å². The van der Waals surface area contributed by atoms with Crippen molar-refractivity contribution in [1.29, 1.82) is 0 Å². The molecule has 0 saturated carbocycles. The molecule has 1 aliphatic rings. The lowest BCUT2D eigenvalue weighted by Gasteiger charge is -2.23. The molecule has 0 amide bonds. The van der Waals surface area contributed by atoms with Crippen LogP contribution in [0.25, 0.3) is 0 Å². The maximum atomic E-state index is 10.6. The van der Waals surface area contributed by atoms with Crippen molar-refractivity contribution in [3.05, 3.63) is 0 Å². The van der Waals surface area contributed by atoms with Crippen LogP contribution in [0, 0.1) is 0 Å². The van der Waals surface area contributed by atoms with Gasteiger partial charge in [-0.2, -0.15) is 0 Å². The molecule has 5 heteroatoms. The van der Waals surface area contributed by atoms with Crippen LogP contribution in [0.2, 0.25) is 0 Å². The van der Waals surface area contributed by atoms with E-state index in [1.165, 1.54) is 0 Å². The summed E-state index contributed by atoms with van der Waals surface area (Å²) in [5.41, 5.74) is 0. The predicted molar refractivity (Wildman–Crippen MR) is 42.6 cm³/mol. The lowest BCUT2D eigenvalue weighted by Crippen LogP contribution is -2.36. The molecule has 0 aromatic heterocycles. The molecule has 0 aliphatic carbocycles. The number of hydrogen-bond donors (Lipinski definition) is 3. The summed E-state index contributed by atoms with van der Waals surface area (Å²) in [7, 11) is -3.80. The minimum atomic E-state index is -3.80. The van der Waals surface area contributed by atoms with E-state index in [2.05, 4.69) is 5.32 Å². The third kappa shape index (κ3) is 3.87. The fourth-order valence-electron chi connectivity index (χ4n) is 1.37. The molecule has 4 nitrogen and oxygen atoms in total. The van der Waals surface area contributed by atoms with Gasteiger partial charge in [0.1, 0.15) is 0 Å². The molecule has 0 bridgehead atoms. The molecule has 1 saturated heterocycles. The van der Waals surface area contributed by atoms with E-state index < -0.39 is 7.60 Å². The van der Waals surface area contributed by atoms with E-state index in [-0.39, 0.29) is 12.2 Å². The van der Waals surface area contributed by atoms with Crippen molar-refractivity contribution in [1.82, 2.24) is 5.32 Å². The maximum absolute atomic E-state index is 10.6. The van der Waals surface area contributed by atoms with Crippen LogP contribution in [0.4, 0.5) is 0 Å². The Labute approximate surface area is 66.2 Å². The molecule has 1 aliphatic heterocycles. The highest BCUT2D eigenvalue weighted by atomic mass is 31.2. The molecule has 0 aromatic carbocycles. The van der Waals surface area contributed by atoms with Gasteiger partial charge in [0, 0.05) is 6.04 Å². The smallest absolute Gasteiger partial charge is 0.324 e. The van der Waals surface area contributed by atoms with Crippen molar-refractivity contribution in [3.8, 4) is 0 Å². The Morgan fingerprint density at radius 1 is 1.45 bits per heavy atom. The van der Waals surface area contributed by atoms with E-state index in [1.807, 2.05) is 0 Å². The molecular formula is C6H14NO3P. The van der Waals surface area contributed by atoms with E-state index in [4.69, 9.17) is 9.79 Å². The molecule has 3 N–H and O–H groups in total. The van der Waals surface area contributed by atoms with E-state index in [1.54, 1.807) is 0 Å². The average Bonchev–Trinajstić information content (AvgIpc) is 1.85. The largest absolute Gasteiger partial charge is 0.327 e. The topological polar surface area (TPSA) is 69.6 Å². The fraction of sp³-hybridized carbons (Fsp3) is 1.00. The van der Waals surface area contributed by atoms with Crippen LogP contribution < -0.4 is 5.32 Å². The molecule has 0 spiro atoms. The third-order valence-electron chi connectivity index (χ3n) is 1.87. The SMILES string of the molecule is O=P(O)(O)CC1CCCCN1. The van der Waals surface area contributed by atoms with Crippen LogP contribution >= 0.6 is 7.60 Å². The van der Waals surface area contributed by atoms with Crippen molar-refractivity contribution in [2.75, 3.05) is 12.7 Å². The van der Waals surface area contributed by atoms with E-state index in [0.29, 0.717) is 0 Å². The molecule has 1 unspecified atom stereocenters. The zero-order chi connectivity index (χ0) is 8.32. The van der Waals surface area contributed by atoms with Crippen molar-refractivity contribution >= 4 is 7.60 Å². The van der Waals surface area contributed by atoms with Gasteiger partial charge in [0.2, 0.25) is 0 Å². The minimum absolute atomic E-state index is 0.00694. The van der Waals surface area contributed by atoms with Gasteiger partial charge in [-0.25, -0.2) is 0 Å². The summed E-state index contributed by atoms with van der Waals surface area (Å²) in [6.45, 7) is 0.894. The van der Waals surface area contributed by atoms with Crippen molar-refractivity contribution < 1.29 is 14.4 Å². The molecular weight excluding hydrogens is 165 g/mol. The molecule has 1 atom stereocenters. The molecule has 66 valence electrons. The van der Waals surface area contributed by atoms with E-state index in [0.717, 1.165) is 25.8 Å². The Morgan fingerprint density at radius 3 is 2.64 bits per heavy atom. The van der Waals surface area contributed by atoms with Gasteiger partial charge in [-0.15, -0.1) is 0 Å². The lowest BCUT2D eigenvalue weighted by atomic mass is 10.1. The molecule has 1 fully saturated rings. The normalized spacial score (nSPS) is 26.9. The molecule has 11 heavy (non-hydrogen) atoms. The Morgan fingerprint density at radius 2 is 2.18 bits per heavy atom. The second-order valence-corrected chi connectivity index (χ2v) is 4.69. The summed E-state index contributed by atoms with van der Waals surface area (Å²) in [6, 6.07) is 0.0320. The highest BCUT2D eigenvalue weighted by Gasteiger charge is 2.22. The van der Waals surface area contributed by atoms with E-state index >= 15 is 0 Å². The first kappa shape index (κ1) is 9.20. The molecule has 0 aromatic rings. The van der Waals surface area contributed by atoms with Gasteiger partial charge in [-0.05, 0) is 19.4 Å². The second-order valence-electron chi connectivity index (χ2n) is 2.99. The summed E-state index contributed by atoms with van der Waals surface area (Å²) in [6.07, 6.45) is 3.09. The van der Waals surface area contributed by atoms with Crippen molar-refractivity contribution in [2.45, 2.75) is 25.3 Å². The summed E-state index contributed by atoms with van der Waals surface area (Å²) in [4.78, 5) is 17.3. The average molecular weight is 179 g/mol. The van der Waals surface area contributed by atoms with Gasteiger partial charge >= 0.3 is 7.60 Å². The minimum Gasteiger partial charge on any atom is -0.324 e.